The van der Waals surface area contributed by atoms with Crippen LogP contribution in [0.2, 0.25) is 0 Å². The monoisotopic (exact) mass is 306 g/mol. The van der Waals surface area contributed by atoms with Gasteiger partial charge in [-0.05, 0) is 29.8 Å². The maximum atomic E-state index is 5.38. The Morgan fingerprint density at radius 3 is 2.87 bits per heavy atom. The van der Waals surface area contributed by atoms with Gasteiger partial charge in [-0.3, -0.25) is 9.97 Å². The molecule has 0 saturated heterocycles. The average Bonchev–Trinajstić information content (AvgIpc) is 3.09. The number of hydrogen-bond donors (Lipinski definition) is 1. The third-order valence-corrected chi connectivity index (χ3v) is 3.50. The molecule has 3 heterocycles. The molecule has 0 bridgehead atoms. The van der Waals surface area contributed by atoms with E-state index in [1.54, 1.807) is 24.8 Å². The standard InChI is InChI=1S/C17H14N4O2/c1-2-13(8-18-5-1)14-9-19-10-17(21-14)20-7-12-3-4-15-16(6-12)23-11-22-15/h1-6,8-10H,7,11H2,(H,20,21). The SMILES string of the molecule is c1cncc(-c2cncc(NCc3ccc4c(c3)OCO4)n2)c1. The summed E-state index contributed by atoms with van der Waals surface area (Å²) < 4.78 is 10.7. The maximum absolute atomic E-state index is 5.38. The summed E-state index contributed by atoms with van der Waals surface area (Å²) in [5.41, 5.74) is 2.81. The van der Waals surface area contributed by atoms with E-state index in [-0.39, 0.29) is 6.79 Å². The van der Waals surface area contributed by atoms with Crippen molar-refractivity contribution in [3.63, 3.8) is 0 Å². The van der Waals surface area contributed by atoms with E-state index in [9.17, 15) is 0 Å². The second-order valence-electron chi connectivity index (χ2n) is 5.07. The minimum Gasteiger partial charge on any atom is -0.454 e. The molecular formula is C17H14N4O2. The molecule has 2 aromatic heterocycles. The van der Waals surface area contributed by atoms with Crippen molar-refractivity contribution in [1.29, 1.82) is 0 Å². The van der Waals surface area contributed by atoms with E-state index in [1.807, 2.05) is 30.3 Å². The van der Waals surface area contributed by atoms with Crippen LogP contribution < -0.4 is 14.8 Å². The zero-order valence-corrected chi connectivity index (χ0v) is 12.3. The molecule has 6 nitrogen and oxygen atoms in total. The number of ether oxygens (including phenoxy) is 2. The Labute approximate surface area is 133 Å². The van der Waals surface area contributed by atoms with Crippen molar-refractivity contribution in [2.75, 3.05) is 12.1 Å². The summed E-state index contributed by atoms with van der Waals surface area (Å²) in [5, 5.41) is 3.27. The molecule has 1 aliphatic heterocycles. The van der Waals surface area contributed by atoms with Gasteiger partial charge in [-0.2, -0.15) is 0 Å². The van der Waals surface area contributed by atoms with Crippen molar-refractivity contribution in [3.05, 3.63) is 60.7 Å². The summed E-state index contributed by atoms with van der Waals surface area (Å²) in [4.78, 5) is 12.9. The van der Waals surface area contributed by atoms with Crippen molar-refractivity contribution >= 4 is 5.82 Å². The van der Waals surface area contributed by atoms with Crippen LogP contribution in [0.1, 0.15) is 5.56 Å². The van der Waals surface area contributed by atoms with E-state index in [1.165, 1.54) is 0 Å². The molecule has 4 rings (SSSR count). The van der Waals surface area contributed by atoms with Crippen molar-refractivity contribution in [1.82, 2.24) is 15.0 Å². The molecule has 1 aliphatic rings. The second kappa shape index (κ2) is 5.92. The number of pyridine rings is 1. The number of nitrogens with zero attached hydrogens (tertiary/aromatic N) is 3. The summed E-state index contributed by atoms with van der Waals surface area (Å²) >= 11 is 0. The van der Waals surface area contributed by atoms with Gasteiger partial charge >= 0.3 is 0 Å². The molecule has 0 fully saturated rings. The number of rotatable bonds is 4. The molecule has 0 radical (unpaired) electrons. The van der Waals surface area contributed by atoms with Crippen molar-refractivity contribution < 1.29 is 9.47 Å². The molecule has 0 aliphatic carbocycles. The summed E-state index contributed by atoms with van der Waals surface area (Å²) in [6, 6.07) is 9.71. The number of hydrogen-bond acceptors (Lipinski definition) is 6. The van der Waals surface area contributed by atoms with Gasteiger partial charge in [0.15, 0.2) is 11.5 Å². The molecule has 23 heavy (non-hydrogen) atoms. The molecule has 0 saturated carbocycles. The molecular weight excluding hydrogens is 292 g/mol. The maximum Gasteiger partial charge on any atom is 0.231 e. The summed E-state index contributed by atoms with van der Waals surface area (Å²) in [6.07, 6.45) is 6.93. The molecule has 0 spiro atoms. The first-order valence-corrected chi connectivity index (χ1v) is 7.23. The number of anilines is 1. The largest absolute Gasteiger partial charge is 0.454 e. The van der Waals surface area contributed by atoms with Gasteiger partial charge in [-0.1, -0.05) is 6.07 Å². The molecule has 0 amide bonds. The van der Waals surface area contributed by atoms with Gasteiger partial charge in [0, 0.05) is 24.5 Å². The first-order valence-electron chi connectivity index (χ1n) is 7.23. The van der Waals surface area contributed by atoms with Crippen LogP contribution in [-0.2, 0) is 6.54 Å². The zero-order valence-electron chi connectivity index (χ0n) is 12.3. The van der Waals surface area contributed by atoms with Gasteiger partial charge < -0.3 is 14.8 Å². The Bertz CT molecular complexity index is 824. The predicted molar refractivity (Wildman–Crippen MR) is 85.2 cm³/mol. The van der Waals surface area contributed by atoms with E-state index >= 15 is 0 Å². The lowest BCUT2D eigenvalue weighted by Gasteiger charge is -2.08. The van der Waals surface area contributed by atoms with E-state index in [0.29, 0.717) is 12.4 Å². The molecule has 0 atom stereocenters. The Kier molecular flexibility index (Phi) is 3.48. The quantitative estimate of drug-likeness (QED) is 0.799. The van der Waals surface area contributed by atoms with Gasteiger partial charge in [0.05, 0.1) is 18.1 Å². The Morgan fingerprint density at radius 2 is 1.96 bits per heavy atom. The number of aromatic nitrogens is 3. The van der Waals surface area contributed by atoms with E-state index in [4.69, 9.17) is 9.47 Å². The normalized spacial score (nSPS) is 12.2. The fourth-order valence-electron chi connectivity index (χ4n) is 2.35. The predicted octanol–water partition coefficient (Wildman–Crippen LogP) is 2.88. The van der Waals surface area contributed by atoms with Crippen LogP contribution >= 0.6 is 0 Å². The Balaban J connectivity index is 1.49. The summed E-state index contributed by atoms with van der Waals surface area (Å²) in [7, 11) is 0. The highest BCUT2D eigenvalue weighted by Gasteiger charge is 2.13. The van der Waals surface area contributed by atoms with E-state index < -0.39 is 0 Å². The molecule has 6 heteroatoms. The number of benzene rings is 1. The topological polar surface area (TPSA) is 69.2 Å². The van der Waals surface area contributed by atoms with Gasteiger partial charge in [-0.15, -0.1) is 0 Å². The fourth-order valence-corrected chi connectivity index (χ4v) is 2.35. The summed E-state index contributed by atoms with van der Waals surface area (Å²) in [5.74, 6) is 2.27. The highest BCUT2D eigenvalue weighted by molar-refractivity contribution is 5.58. The van der Waals surface area contributed by atoms with Crippen molar-refractivity contribution in [3.8, 4) is 22.8 Å². The van der Waals surface area contributed by atoms with Gasteiger partial charge in [0.25, 0.3) is 0 Å². The molecule has 114 valence electrons. The van der Waals surface area contributed by atoms with Crippen LogP contribution in [0.5, 0.6) is 11.5 Å². The lowest BCUT2D eigenvalue weighted by molar-refractivity contribution is 0.174. The third-order valence-electron chi connectivity index (χ3n) is 3.50. The lowest BCUT2D eigenvalue weighted by atomic mass is 10.2. The van der Waals surface area contributed by atoms with Gasteiger partial charge in [0.2, 0.25) is 6.79 Å². The molecule has 0 unspecified atom stereocenters. The van der Waals surface area contributed by atoms with Crippen LogP contribution in [0.25, 0.3) is 11.3 Å². The number of nitrogens with one attached hydrogen (secondary N) is 1. The van der Waals surface area contributed by atoms with E-state index in [2.05, 4.69) is 20.3 Å². The second-order valence-corrected chi connectivity index (χ2v) is 5.07. The molecule has 1 N–H and O–H groups in total. The highest BCUT2D eigenvalue weighted by atomic mass is 16.7. The summed E-state index contributed by atoms with van der Waals surface area (Å²) in [6.45, 7) is 0.909. The minimum atomic E-state index is 0.283. The van der Waals surface area contributed by atoms with Crippen LogP contribution in [0.15, 0.2) is 55.1 Å². The Hall–Kier alpha value is -3.15. The smallest absolute Gasteiger partial charge is 0.231 e. The first-order chi connectivity index (χ1) is 11.4. The first kappa shape index (κ1) is 13.5. The highest BCUT2D eigenvalue weighted by Crippen LogP contribution is 2.32. The van der Waals surface area contributed by atoms with Crippen LogP contribution in [-0.4, -0.2) is 21.7 Å². The lowest BCUT2D eigenvalue weighted by Crippen LogP contribution is -2.02. The zero-order chi connectivity index (χ0) is 15.5. The Morgan fingerprint density at radius 1 is 1.00 bits per heavy atom. The molecule has 3 aromatic rings. The average molecular weight is 306 g/mol. The van der Waals surface area contributed by atoms with Crippen LogP contribution in [0, 0.1) is 0 Å². The van der Waals surface area contributed by atoms with Crippen molar-refractivity contribution in [2.45, 2.75) is 6.54 Å². The van der Waals surface area contributed by atoms with Crippen LogP contribution in [0.3, 0.4) is 0 Å². The minimum absolute atomic E-state index is 0.283. The third kappa shape index (κ3) is 2.91. The molecule has 1 aromatic carbocycles. The van der Waals surface area contributed by atoms with Gasteiger partial charge in [-0.25, -0.2) is 4.98 Å². The fraction of sp³-hybridized carbons (Fsp3) is 0.118. The van der Waals surface area contributed by atoms with E-state index in [0.717, 1.165) is 28.3 Å². The van der Waals surface area contributed by atoms with Crippen LogP contribution in [0.4, 0.5) is 5.82 Å². The van der Waals surface area contributed by atoms with Gasteiger partial charge in [0.1, 0.15) is 5.82 Å². The van der Waals surface area contributed by atoms with Crippen molar-refractivity contribution in [2.24, 2.45) is 0 Å². The number of fused-ring (bicyclic) bond motifs is 1.